The number of aromatic hydroxyl groups is 1. The lowest BCUT2D eigenvalue weighted by atomic mass is 9.98. The van der Waals surface area contributed by atoms with Gasteiger partial charge in [0.05, 0.1) is 17.0 Å². The lowest BCUT2D eigenvalue weighted by Gasteiger charge is -2.24. The van der Waals surface area contributed by atoms with E-state index in [2.05, 4.69) is 4.98 Å². The average Bonchev–Trinajstić information content (AvgIpc) is 3.02. The number of anilines is 1. The maximum Gasteiger partial charge on any atom is 0.296 e. The third kappa shape index (κ3) is 2.61. The van der Waals surface area contributed by atoms with Crippen LogP contribution < -0.4 is 10.3 Å². The Morgan fingerprint density at radius 1 is 1.03 bits per heavy atom. The fourth-order valence-electron chi connectivity index (χ4n) is 3.77. The summed E-state index contributed by atoms with van der Waals surface area (Å²) in [5, 5.41) is 10.4. The van der Waals surface area contributed by atoms with Gasteiger partial charge >= 0.3 is 0 Å². The van der Waals surface area contributed by atoms with Gasteiger partial charge in [-0.3, -0.25) is 14.5 Å². The number of hydrogen-bond donors (Lipinski definition) is 1. The number of rotatable bonds is 2. The number of aromatic nitrogens is 1. The number of carbonyl (C=O) groups is 1. The Balaban J connectivity index is 1.82. The highest BCUT2D eigenvalue weighted by molar-refractivity contribution is 6.10. The van der Waals surface area contributed by atoms with Gasteiger partial charge in [-0.1, -0.05) is 30.3 Å². The van der Waals surface area contributed by atoms with Crippen molar-refractivity contribution in [3.63, 3.8) is 0 Å². The van der Waals surface area contributed by atoms with Crippen molar-refractivity contribution in [3.05, 3.63) is 99.5 Å². The summed E-state index contributed by atoms with van der Waals surface area (Å²) >= 11 is 0. The van der Waals surface area contributed by atoms with Crippen molar-refractivity contribution in [2.75, 3.05) is 4.90 Å². The molecular weight excluding hydrogens is 368 g/mol. The number of carbonyl (C=O) groups excluding carboxylic acids is 1. The molecule has 5 rings (SSSR count). The van der Waals surface area contributed by atoms with E-state index < -0.39 is 11.9 Å². The first-order chi connectivity index (χ1) is 14.0. The number of aryl methyl sites for hydroxylation is 1. The van der Waals surface area contributed by atoms with Gasteiger partial charge in [0.1, 0.15) is 17.2 Å². The van der Waals surface area contributed by atoms with Crippen LogP contribution in [0, 0.1) is 6.92 Å². The van der Waals surface area contributed by atoms with E-state index in [0.717, 1.165) is 5.56 Å². The van der Waals surface area contributed by atoms with Crippen molar-refractivity contribution in [3.8, 4) is 5.75 Å². The molecule has 6 heteroatoms. The number of nitrogens with zero attached hydrogens (tertiary/aromatic N) is 2. The van der Waals surface area contributed by atoms with Crippen molar-refractivity contribution in [1.82, 2.24) is 4.98 Å². The van der Waals surface area contributed by atoms with Gasteiger partial charge in [-0.2, -0.15) is 0 Å². The zero-order valence-corrected chi connectivity index (χ0v) is 15.5. The van der Waals surface area contributed by atoms with E-state index in [0.29, 0.717) is 22.4 Å². The molecule has 29 heavy (non-hydrogen) atoms. The van der Waals surface area contributed by atoms with Crippen molar-refractivity contribution in [1.29, 1.82) is 0 Å². The summed E-state index contributed by atoms with van der Waals surface area (Å²) in [6, 6.07) is 16.2. The van der Waals surface area contributed by atoms with Crippen molar-refractivity contribution >= 4 is 22.7 Å². The van der Waals surface area contributed by atoms with Crippen LogP contribution in [0.1, 0.15) is 33.3 Å². The molecule has 0 fully saturated rings. The SMILES string of the molecule is Cc1ccc(N2C(=O)c3oc4ccccc4c(=O)c3[C@H]2c2cccc(O)c2)nc1. The molecule has 1 N–H and O–H groups in total. The second-order valence-electron chi connectivity index (χ2n) is 7.04. The predicted molar refractivity (Wildman–Crippen MR) is 108 cm³/mol. The molecule has 2 aromatic carbocycles. The van der Waals surface area contributed by atoms with Gasteiger partial charge in [-0.15, -0.1) is 0 Å². The van der Waals surface area contributed by atoms with E-state index in [9.17, 15) is 14.7 Å². The largest absolute Gasteiger partial charge is 0.508 e. The smallest absolute Gasteiger partial charge is 0.296 e. The topological polar surface area (TPSA) is 83.6 Å². The Morgan fingerprint density at radius 2 is 1.86 bits per heavy atom. The van der Waals surface area contributed by atoms with E-state index >= 15 is 0 Å². The quantitative estimate of drug-likeness (QED) is 0.566. The molecule has 0 saturated heterocycles. The number of hydrogen-bond acceptors (Lipinski definition) is 5. The molecule has 1 aliphatic rings. The maximum absolute atomic E-state index is 13.3. The molecule has 0 spiro atoms. The van der Waals surface area contributed by atoms with Crippen molar-refractivity contribution < 1.29 is 14.3 Å². The Bertz CT molecular complexity index is 1330. The Morgan fingerprint density at radius 3 is 2.62 bits per heavy atom. The number of amides is 1. The lowest BCUT2D eigenvalue weighted by Crippen LogP contribution is -2.30. The zero-order valence-electron chi connectivity index (χ0n) is 15.5. The molecule has 0 bridgehead atoms. The minimum Gasteiger partial charge on any atom is -0.508 e. The van der Waals surface area contributed by atoms with Crippen LogP contribution in [0.5, 0.6) is 5.75 Å². The summed E-state index contributed by atoms with van der Waals surface area (Å²) in [7, 11) is 0. The Hall–Kier alpha value is -3.93. The minimum atomic E-state index is -0.749. The molecule has 0 unspecified atom stereocenters. The number of phenolic OH excluding ortho intramolecular Hbond substituents is 1. The van der Waals surface area contributed by atoms with E-state index in [1.807, 2.05) is 13.0 Å². The molecule has 3 heterocycles. The van der Waals surface area contributed by atoms with E-state index in [4.69, 9.17) is 4.42 Å². The lowest BCUT2D eigenvalue weighted by molar-refractivity contribution is 0.0970. The second-order valence-corrected chi connectivity index (χ2v) is 7.04. The van der Waals surface area contributed by atoms with Gasteiger partial charge in [-0.25, -0.2) is 4.98 Å². The van der Waals surface area contributed by atoms with E-state index in [1.54, 1.807) is 60.8 Å². The summed E-state index contributed by atoms with van der Waals surface area (Å²) in [6.45, 7) is 1.90. The fraction of sp³-hybridized carbons (Fsp3) is 0.0870. The number of fused-ring (bicyclic) bond motifs is 2. The molecule has 0 aliphatic carbocycles. The number of pyridine rings is 1. The van der Waals surface area contributed by atoms with Crippen LogP contribution in [0.2, 0.25) is 0 Å². The van der Waals surface area contributed by atoms with Crippen molar-refractivity contribution in [2.24, 2.45) is 0 Å². The number of para-hydroxylation sites is 1. The first-order valence-corrected chi connectivity index (χ1v) is 9.15. The minimum absolute atomic E-state index is 0.00409. The van der Waals surface area contributed by atoms with Gasteiger partial charge in [0.25, 0.3) is 5.91 Å². The highest BCUT2D eigenvalue weighted by Gasteiger charge is 2.44. The van der Waals surface area contributed by atoms with Gasteiger partial charge < -0.3 is 9.52 Å². The predicted octanol–water partition coefficient (Wildman–Crippen LogP) is 3.95. The summed E-state index contributed by atoms with van der Waals surface area (Å²) in [5.41, 5.74) is 1.90. The van der Waals surface area contributed by atoms with Crippen LogP contribution in [0.15, 0.2) is 76.1 Å². The van der Waals surface area contributed by atoms with Gasteiger partial charge in [0.15, 0.2) is 5.43 Å². The molecule has 1 aliphatic heterocycles. The highest BCUT2D eigenvalue weighted by Crippen LogP contribution is 2.41. The normalized spacial score (nSPS) is 15.7. The van der Waals surface area contributed by atoms with Gasteiger partial charge in [-0.05, 0) is 48.4 Å². The van der Waals surface area contributed by atoms with E-state index in [-0.39, 0.29) is 22.5 Å². The second kappa shape index (κ2) is 6.31. The summed E-state index contributed by atoms with van der Waals surface area (Å²) < 4.78 is 5.87. The van der Waals surface area contributed by atoms with Crippen LogP contribution in [0.25, 0.3) is 11.0 Å². The summed E-state index contributed by atoms with van der Waals surface area (Å²) in [4.78, 5) is 32.5. The first kappa shape index (κ1) is 17.2. The molecule has 0 radical (unpaired) electrons. The van der Waals surface area contributed by atoms with Crippen molar-refractivity contribution in [2.45, 2.75) is 13.0 Å². The van der Waals surface area contributed by atoms with Crippen LogP contribution in [-0.2, 0) is 0 Å². The van der Waals surface area contributed by atoms with Crippen LogP contribution in [0.4, 0.5) is 5.82 Å². The zero-order chi connectivity index (χ0) is 20.1. The molecule has 2 aromatic heterocycles. The first-order valence-electron chi connectivity index (χ1n) is 9.15. The Labute approximate surface area is 165 Å². The third-order valence-electron chi connectivity index (χ3n) is 5.11. The molecule has 0 saturated carbocycles. The molecule has 142 valence electrons. The van der Waals surface area contributed by atoms with Gasteiger partial charge in [0.2, 0.25) is 5.76 Å². The van der Waals surface area contributed by atoms with Crippen LogP contribution >= 0.6 is 0 Å². The molecule has 4 aromatic rings. The number of benzene rings is 2. The molecular formula is C23H16N2O4. The third-order valence-corrected chi connectivity index (χ3v) is 5.11. The molecule has 6 nitrogen and oxygen atoms in total. The van der Waals surface area contributed by atoms with E-state index in [1.165, 1.54) is 4.90 Å². The van der Waals surface area contributed by atoms with Crippen LogP contribution in [-0.4, -0.2) is 16.0 Å². The van der Waals surface area contributed by atoms with Gasteiger partial charge in [0, 0.05) is 6.20 Å². The number of phenols is 1. The molecule has 1 atom stereocenters. The molecule has 1 amide bonds. The summed E-state index contributed by atoms with van der Waals surface area (Å²) in [5.74, 6) is 0.0196. The Kier molecular flexibility index (Phi) is 3.74. The highest BCUT2D eigenvalue weighted by atomic mass is 16.3. The fourth-order valence-corrected chi connectivity index (χ4v) is 3.77. The standard InChI is InChI=1S/C23H16N2O4/c1-13-9-10-18(24-12-13)25-20(14-5-4-6-15(26)11-14)19-21(27)16-7-2-3-8-17(16)29-22(19)23(25)28/h2-12,20,26H,1H3/t20-/m1/s1. The van der Waals surface area contributed by atoms with Crippen LogP contribution in [0.3, 0.4) is 0 Å². The monoisotopic (exact) mass is 384 g/mol. The average molecular weight is 384 g/mol. The maximum atomic E-state index is 13.3. The summed E-state index contributed by atoms with van der Waals surface area (Å²) in [6.07, 6.45) is 1.66.